The maximum atomic E-state index is 12.7. The van der Waals surface area contributed by atoms with Gasteiger partial charge in [-0.2, -0.15) is 0 Å². The lowest BCUT2D eigenvalue weighted by atomic mass is 10.1. The van der Waals surface area contributed by atoms with Gasteiger partial charge in [0.2, 0.25) is 0 Å². The normalized spacial score (nSPS) is 11.5. The number of hydrogen-bond donors (Lipinski definition) is 2. The van der Waals surface area contributed by atoms with Gasteiger partial charge < -0.3 is 15.2 Å². The Hall–Kier alpha value is -3.34. The van der Waals surface area contributed by atoms with Crippen LogP contribution in [0.25, 0.3) is 17.0 Å². The summed E-state index contributed by atoms with van der Waals surface area (Å²) in [5, 5.41) is 6.65. The molecule has 5 nitrogen and oxygen atoms in total. The zero-order valence-electron chi connectivity index (χ0n) is 16.5. The second-order valence-electron chi connectivity index (χ2n) is 6.85. The number of benzene rings is 2. The first kappa shape index (κ1) is 19.4. The fourth-order valence-electron chi connectivity index (χ4n) is 3.04. The largest absolute Gasteiger partial charge is 0.351 e. The quantitative estimate of drug-likeness (QED) is 0.644. The highest BCUT2D eigenvalue weighted by Gasteiger charge is 2.15. The van der Waals surface area contributed by atoms with Gasteiger partial charge >= 0.3 is 0 Å². The van der Waals surface area contributed by atoms with Crippen LogP contribution in [0.5, 0.6) is 0 Å². The third kappa shape index (κ3) is 4.31. The highest BCUT2D eigenvalue weighted by atomic mass is 16.2. The van der Waals surface area contributed by atoms with Crippen LogP contribution in [0.3, 0.4) is 0 Å². The fourth-order valence-corrected chi connectivity index (χ4v) is 3.04. The molecular formula is C23H25N3O2. The lowest BCUT2D eigenvalue weighted by Gasteiger charge is -2.11. The Morgan fingerprint density at radius 2 is 1.79 bits per heavy atom. The van der Waals surface area contributed by atoms with Gasteiger partial charge in [-0.05, 0) is 37.6 Å². The van der Waals surface area contributed by atoms with Crippen molar-refractivity contribution in [2.75, 3.05) is 6.54 Å². The van der Waals surface area contributed by atoms with Crippen LogP contribution < -0.4 is 10.6 Å². The van der Waals surface area contributed by atoms with Crippen LogP contribution in [0.15, 0.2) is 60.4 Å². The molecule has 0 radical (unpaired) electrons. The Balaban J connectivity index is 1.96. The first-order valence-electron chi connectivity index (χ1n) is 9.41. The Kier molecular flexibility index (Phi) is 5.94. The van der Waals surface area contributed by atoms with Crippen LogP contribution in [0.1, 0.15) is 34.8 Å². The maximum absolute atomic E-state index is 12.7. The lowest BCUT2D eigenvalue weighted by Crippen LogP contribution is -2.35. The number of amides is 2. The van der Waals surface area contributed by atoms with E-state index in [9.17, 15) is 9.59 Å². The van der Waals surface area contributed by atoms with Crippen LogP contribution >= 0.6 is 0 Å². The van der Waals surface area contributed by atoms with Crippen LogP contribution in [0.4, 0.5) is 0 Å². The number of aryl methyl sites for hydroxylation is 2. The minimum Gasteiger partial charge on any atom is -0.351 e. The van der Waals surface area contributed by atoms with Crippen LogP contribution in [0.2, 0.25) is 0 Å². The van der Waals surface area contributed by atoms with Gasteiger partial charge in [0.15, 0.2) is 0 Å². The van der Waals surface area contributed by atoms with E-state index in [0.29, 0.717) is 12.1 Å². The van der Waals surface area contributed by atoms with Crippen molar-refractivity contribution in [1.82, 2.24) is 15.2 Å². The van der Waals surface area contributed by atoms with Gasteiger partial charge in [-0.1, -0.05) is 42.8 Å². The van der Waals surface area contributed by atoms with E-state index < -0.39 is 0 Å². The number of para-hydroxylation sites is 1. The van der Waals surface area contributed by atoms with Gasteiger partial charge in [0, 0.05) is 41.8 Å². The second-order valence-corrected chi connectivity index (χ2v) is 6.85. The minimum atomic E-state index is -0.307. The molecule has 0 aliphatic rings. The summed E-state index contributed by atoms with van der Waals surface area (Å²) in [6, 6.07) is 15.2. The first-order chi connectivity index (χ1) is 13.5. The summed E-state index contributed by atoms with van der Waals surface area (Å²) >= 11 is 0. The van der Waals surface area contributed by atoms with Gasteiger partial charge in [0.1, 0.15) is 5.70 Å². The van der Waals surface area contributed by atoms with E-state index in [1.165, 1.54) is 0 Å². The summed E-state index contributed by atoms with van der Waals surface area (Å²) in [5.74, 6) is -0.603. The first-order valence-corrected chi connectivity index (χ1v) is 9.41. The molecule has 2 aromatic carbocycles. The molecule has 0 atom stereocenters. The van der Waals surface area contributed by atoms with Crippen LogP contribution in [0, 0.1) is 6.92 Å². The van der Waals surface area contributed by atoms with Gasteiger partial charge in [0.05, 0.1) is 0 Å². The summed E-state index contributed by atoms with van der Waals surface area (Å²) in [7, 11) is 1.96. The van der Waals surface area contributed by atoms with E-state index in [-0.39, 0.29) is 17.5 Å². The highest BCUT2D eigenvalue weighted by Crippen LogP contribution is 2.22. The smallest absolute Gasteiger partial charge is 0.267 e. The van der Waals surface area contributed by atoms with E-state index >= 15 is 0 Å². The van der Waals surface area contributed by atoms with Gasteiger partial charge in [-0.3, -0.25) is 9.59 Å². The average Bonchev–Trinajstić information content (AvgIpc) is 3.02. The molecule has 1 heterocycles. The number of nitrogens with zero attached hydrogens (tertiary/aromatic N) is 1. The molecule has 1 aromatic heterocycles. The summed E-state index contributed by atoms with van der Waals surface area (Å²) < 4.78 is 2.00. The van der Waals surface area contributed by atoms with Gasteiger partial charge in [0.25, 0.3) is 11.8 Å². The predicted molar refractivity (Wildman–Crippen MR) is 113 cm³/mol. The molecule has 0 unspecified atom stereocenters. The van der Waals surface area contributed by atoms with Crippen molar-refractivity contribution in [2.24, 2.45) is 7.05 Å². The number of carbonyl (C=O) groups excluding carboxylic acids is 2. The van der Waals surface area contributed by atoms with E-state index in [1.807, 2.05) is 68.1 Å². The zero-order chi connectivity index (χ0) is 20.1. The zero-order valence-corrected chi connectivity index (χ0v) is 16.5. The van der Waals surface area contributed by atoms with E-state index in [0.717, 1.165) is 28.5 Å². The molecule has 0 bridgehead atoms. The molecule has 28 heavy (non-hydrogen) atoms. The van der Waals surface area contributed by atoms with Gasteiger partial charge in [-0.25, -0.2) is 0 Å². The Bertz CT molecular complexity index is 1030. The third-order valence-corrected chi connectivity index (χ3v) is 4.57. The number of fused-ring (bicyclic) bond motifs is 1. The summed E-state index contributed by atoms with van der Waals surface area (Å²) in [6.45, 7) is 4.50. The molecule has 3 rings (SSSR count). The standard InChI is InChI=1S/C23H25N3O2/c1-4-13-24-23(28)20(25-22(27)17-11-9-16(2)10-12-17)14-18-15-26(3)21-8-6-5-7-19(18)21/h5-12,14-15H,4,13H2,1-3H3,(H,24,28)(H,25,27)/b20-14-. The van der Waals surface area contributed by atoms with Crippen LogP contribution in [-0.2, 0) is 11.8 Å². The molecule has 0 saturated carbocycles. The lowest BCUT2D eigenvalue weighted by molar-refractivity contribution is -0.117. The highest BCUT2D eigenvalue weighted by molar-refractivity contribution is 6.06. The Morgan fingerprint density at radius 1 is 1.07 bits per heavy atom. The molecule has 0 fully saturated rings. The molecule has 5 heteroatoms. The summed E-state index contributed by atoms with van der Waals surface area (Å²) in [6.07, 6.45) is 4.51. The van der Waals surface area contributed by atoms with Gasteiger partial charge in [-0.15, -0.1) is 0 Å². The maximum Gasteiger partial charge on any atom is 0.267 e. The van der Waals surface area contributed by atoms with Crippen molar-refractivity contribution in [3.8, 4) is 0 Å². The molecule has 0 aliphatic heterocycles. The molecular weight excluding hydrogens is 350 g/mol. The van der Waals surface area contributed by atoms with Crippen molar-refractivity contribution < 1.29 is 9.59 Å². The Morgan fingerprint density at radius 3 is 2.50 bits per heavy atom. The van der Waals surface area contributed by atoms with Crippen LogP contribution in [-0.4, -0.2) is 22.9 Å². The number of aromatic nitrogens is 1. The Labute approximate surface area is 165 Å². The average molecular weight is 375 g/mol. The number of hydrogen-bond acceptors (Lipinski definition) is 2. The molecule has 0 saturated heterocycles. The molecule has 144 valence electrons. The van der Waals surface area contributed by atoms with E-state index in [1.54, 1.807) is 18.2 Å². The van der Waals surface area contributed by atoms with E-state index in [2.05, 4.69) is 10.6 Å². The van der Waals surface area contributed by atoms with Crippen molar-refractivity contribution in [3.63, 3.8) is 0 Å². The third-order valence-electron chi connectivity index (χ3n) is 4.57. The molecule has 2 amide bonds. The minimum absolute atomic E-state index is 0.232. The number of rotatable bonds is 6. The topological polar surface area (TPSA) is 63.1 Å². The number of carbonyl (C=O) groups is 2. The second kappa shape index (κ2) is 8.57. The molecule has 2 N–H and O–H groups in total. The molecule has 0 spiro atoms. The van der Waals surface area contributed by atoms with E-state index in [4.69, 9.17) is 0 Å². The summed E-state index contributed by atoms with van der Waals surface area (Å²) in [5.41, 5.74) is 3.76. The van der Waals surface area contributed by atoms with Crippen molar-refractivity contribution >= 4 is 28.8 Å². The number of nitrogens with one attached hydrogen (secondary N) is 2. The molecule has 3 aromatic rings. The van der Waals surface area contributed by atoms with Crippen molar-refractivity contribution in [2.45, 2.75) is 20.3 Å². The monoisotopic (exact) mass is 375 g/mol. The fraction of sp³-hybridized carbons (Fsp3) is 0.217. The van der Waals surface area contributed by atoms with Crippen molar-refractivity contribution in [1.29, 1.82) is 0 Å². The van der Waals surface area contributed by atoms with Crippen molar-refractivity contribution in [3.05, 3.63) is 77.1 Å². The molecule has 0 aliphatic carbocycles. The SMILES string of the molecule is CCCNC(=O)/C(=C/c1cn(C)c2ccccc12)NC(=O)c1ccc(C)cc1. The summed E-state index contributed by atoms with van der Waals surface area (Å²) in [4.78, 5) is 25.3. The predicted octanol–water partition coefficient (Wildman–Crippen LogP) is 3.78.